The van der Waals surface area contributed by atoms with Gasteiger partial charge in [0.2, 0.25) is 43.3 Å². The number of fused-ring (bicyclic) bond motifs is 6. The summed E-state index contributed by atoms with van der Waals surface area (Å²) in [6.45, 7) is 41.6. The molecule has 0 N–H and O–H groups in total. The zero-order chi connectivity index (χ0) is 95.8. The molecule has 3 aromatic heterocycles. The maximum absolute atomic E-state index is 12.8. The van der Waals surface area contributed by atoms with Gasteiger partial charge in [0.1, 0.15) is 68.8 Å². The largest absolute Gasteiger partial charge is 0.463 e. The second-order valence-electron chi connectivity index (χ2n) is 37.1. The zero-order valence-corrected chi connectivity index (χ0v) is 80.4. The van der Waals surface area contributed by atoms with E-state index < -0.39 is 20.0 Å². The van der Waals surface area contributed by atoms with Gasteiger partial charge in [-0.25, -0.2) is 32.9 Å². The van der Waals surface area contributed by atoms with Crippen LogP contribution in [-0.4, -0.2) is 290 Å². The van der Waals surface area contributed by atoms with Gasteiger partial charge in [0.05, 0.1) is 58.4 Å². The molecule has 5 atom stereocenters. The number of nitrogens with zero attached hydrogens (tertiary/aromatic N) is 21. The van der Waals surface area contributed by atoms with Crippen LogP contribution >= 0.6 is 34.8 Å². The third kappa shape index (κ3) is 22.9. The summed E-state index contributed by atoms with van der Waals surface area (Å²) < 4.78 is 57.0. The average Bonchev–Trinajstić information content (AvgIpc) is 0.930. The highest BCUT2D eigenvalue weighted by atomic mass is 35.5. The molecule has 0 saturated carbocycles. The number of likely N-dealkylation sites (tertiary alicyclic amines) is 3. The molecule has 4 amide bonds. The minimum absolute atomic E-state index is 0.0508. The number of rotatable bonds is 25. The SMILES string of the molecule is [C-]#[N+]C[C@H]1CN(c2nc(OCC3CC(=O)N(C)C3)nc3c2CCN(c2cccc4cccc(Cl)c24)C3)CCN1C(=O)/C=C/CF.[C-]#[N+]C[C@H]1CN(c2nc(OCC3CCN3C(C)(C)C)nc3c2CCN(c2cccc4cccc(Cl)c24)C3)CCN1C(=O)/C=C/CF.[C-]#[N+]C[C@H]1CN(c2nc(OCCN3CCCCCC3)nc3c2CCN(c2cccc4cccc(Cl)c24)C3)CCN1C(=O)/C=C/CF. The predicted molar refractivity (Wildman–Crippen MR) is 532 cm³/mol. The summed E-state index contributed by atoms with van der Waals surface area (Å²) in [5.41, 5.74) is 9.04. The van der Waals surface area contributed by atoms with Crippen molar-refractivity contribution in [3.8, 4) is 18.0 Å². The van der Waals surface area contributed by atoms with Crippen LogP contribution in [0.1, 0.15) is 93.1 Å². The van der Waals surface area contributed by atoms with Crippen LogP contribution in [0, 0.1) is 25.6 Å². The molecule has 34 heteroatoms. The van der Waals surface area contributed by atoms with Gasteiger partial charge in [-0.15, -0.1) is 0 Å². The Kier molecular flexibility index (Phi) is 32.3. The van der Waals surface area contributed by atoms with E-state index in [1.165, 1.54) is 62.1 Å². The molecule has 6 fully saturated rings. The van der Waals surface area contributed by atoms with E-state index in [2.05, 4.69) is 141 Å². The molecule has 0 aliphatic carbocycles. The first kappa shape index (κ1) is 97.8. The predicted octanol–water partition coefficient (Wildman–Crippen LogP) is 15.3. The number of ether oxygens (including phenoxy) is 3. The normalized spacial score (nSPS) is 20.0. The minimum Gasteiger partial charge on any atom is -0.463 e. The van der Waals surface area contributed by atoms with Gasteiger partial charge < -0.3 is 77.7 Å². The number of hydrogen-bond donors (Lipinski definition) is 0. The molecule has 0 spiro atoms. The van der Waals surface area contributed by atoms with Crippen LogP contribution in [-0.2, 0) is 58.1 Å². The average molecular weight is 1920 g/mol. The van der Waals surface area contributed by atoms with Crippen molar-refractivity contribution in [1.29, 1.82) is 0 Å². The molecular weight excluding hydrogens is 1810 g/mol. The number of anilines is 6. The van der Waals surface area contributed by atoms with Crippen LogP contribution in [0.5, 0.6) is 18.0 Å². The standard InChI is InChI=1S/2C35H41ClFN7O2.C33H35ClFN7O3/c1-35(2,3)44-17-13-25(44)23-46-34-39-29-22-41(30-11-6-9-24-8-5-10-28(36)32(24)30)16-14-27(29)33(40-34)42-18-19-43(26(21-42)20-38-4)31(45)12-7-15-37;1-38-23-27-24-43(19-20-44(27)32(45)13-8-15-37)34-28-14-18-42(31-12-7-10-26-9-6-11-29(36)33(26)31)25-30(28)39-35(40-34)46-22-21-41-16-4-2-3-5-17-41;1-36-17-24-19-41(14-15-42(24)29(43)10-5-12-35)32-25-11-13-40(28-9-4-7-23-6-3-8-26(34)31(23)28)20-27(25)37-33(38-32)45-21-22-16-30(44)39(2)18-22/h5-12,25-26H,13-23H2,1-3H3;6-13,27H,2-5,14-25H2;3-10,22,24H,11-21H2,2H3/b12-7+;13-8+;10-5+/t25?,26-;27-;22?,24-/m000/s1. The molecule has 137 heavy (non-hydrogen) atoms. The topological polar surface area (TPSA) is 225 Å². The number of aromatic nitrogens is 6. The molecular formula is C103H117Cl3F3N21O7. The van der Waals surface area contributed by atoms with Crippen molar-refractivity contribution in [3.05, 3.63) is 229 Å². The summed E-state index contributed by atoms with van der Waals surface area (Å²) in [4.78, 5) is 116. The number of benzene rings is 6. The van der Waals surface area contributed by atoms with E-state index in [-0.39, 0.29) is 78.9 Å². The zero-order valence-electron chi connectivity index (χ0n) is 78.1. The molecule has 6 saturated heterocycles. The van der Waals surface area contributed by atoms with Crippen LogP contribution in [0.4, 0.5) is 47.7 Å². The van der Waals surface area contributed by atoms with Gasteiger partial charge in [0, 0.05) is 197 Å². The van der Waals surface area contributed by atoms with Crippen LogP contribution < -0.4 is 43.6 Å². The molecule has 718 valence electrons. The Labute approximate surface area is 814 Å². The van der Waals surface area contributed by atoms with E-state index in [9.17, 15) is 32.3 Å². The van der Waals surface area contributed by atoms with E-state index in [4.69, 9.17) is 98.6 Å². The minimum atomic E-state index is -0.720. The number of amides is 4. The summed E-state index contributed by atoms with van der Waals surface area (Å²) in [5, 5.41) is 8.43. The molecule has 18 rings (SSSR count). The van der Waals surface area contributed by atoms with Crippen molar-refractivity contribution >= 4 is 125 Å². The maximum atomic E-state index is 12.8. The molecule has 0 bridgehead atoms. The summed E-state index contributed by atoms with van der Waals surface area (Å²) in [6, 6.07) is 36.7. The van der Waals surface area contributed by atoms with Gasteiger partial charge in [0.25, 0.3) is 0 Å². The molecule has 9 aliphatic heterocycles. The fraction of sp³-hybridized carbons (Fsp3) is 0.466. The first-order chi connectivity index (χ1) is 66.6. The number of halogens is 6. The number of allylic oxidation sites excluding steroid dienone is 3. The third-order valence-corrected chi connectivity index (χ3v) is 28.3. The van der Waals surface area contributed by atoms with Crippen LogP contribution in [0.15, 0.2) is 146 Å². The molecule has 2 unspecified atom stereocenters. The quantitative estimate of drug-likeness (QED) is 0.0383. The lowest BCUT2D eigenvalue weighted by Gasteiger charge is -2.49. The van der Waals surface area contributed by atoms with Crippen molar-refractivity contribution in [2.24, 2.45) is 5.92 Å². The lowest BCUT2D eigenvalue weighted by molar-refractivity contribution is -0.129. The Morgan fingerprint density at radius 2 is 0.810 bits per heavy atom. The number of alkyl halides is 3. The molecule has 12 heterocycles. The lowest BCUT2D eigenvalue weighted by Crippen LogP contribution is -2.59. The second kappa shape index (κ2) is 45.3. The Bertz CT molecular complexity index is 6090. The van der Waals surface area contributed by atoms with Gasteiger partial charge >= 0.3 is 18.0 Å². The molecule has 9 aliphatic rings. The number of carbonyl (C=O) groups is 4. The summed E-state index contributed by atoms with van der Waals surface area (Å²) in [6.07, 6.45) is 16.0. The van der Waals surface area contributed by atoms with Crippen molar-refractivity contribution < 1.29 is 46.6 Å². The van der Waals surface area contributed by atoms with Gasteiger partial charge in [-0.05, 0) is 143 Å². The van der Waals surface area contributed by atoms with Crippen molar-refractivity contribution in [2.45, 2.75) is 128 Å². The number of hydrogen-bond acceptors (Lipinski definition) is 21. The first-order valence-electron chi connectivity index (χ1n) is 47.5. The first-order valence-corrected chi connectivity index (χ1v) is 48.6. The fourth-order valence-electron chi connectivity index (χ4n) is 20.5. The highest BCUT2D eigenvalue weighted by Crippen LogP contribution is 2.43. The van der Waals surface area contributed by atoms with Crippen molar-refractivity contribution in [2.75, 3.05) is 207 Å². The summed E-state index contributed by atoms with van der Waals surface area (Å²) in [7, 11) is 1.79. The van der Waals surface area contributed by atoms with Crippen molar-refractivity contribution in [3.63, 3.8) is 0 Å². The molecule has 6 aromatic carbocycles. The smallest absolute Gasteiger partial charge is 0.318 e. The summed E-state index contributed by atoms with van der Waals surface area (Å²) >= 11 is 20.1. The van der Waals surface area contributed by atoms with Crippen LogP contribution in [0.25, 0.3) is 46.9 Å². The fourth-order valence-corrected chi connectivity index (χ4v) is 21.3. The lowest BCUT2D eigenvalue weighted by atomic mass is 9.94. The summed E-state index contributed by atoms with van der Waals surface area (Å²) in [5.74, 6) is 1.67. The van der Waals surface area contributed by atoms with E-state index in [1.807, 2.05) is 42.5 Å². The maximum Gasteiger partial charge on any atom is 0.318 e. The Morgan fingerprint density at radius 3 is 1.15 bits per heavy atom. The van der Waals surface area contributed by atoms with E-state index >= 15 is 0 Å². The van der Waals surface area contributed by atoms with E-state index in [0.29, 0.717) is 141 Å². The Balaban J connectivity index is 0.000000149. The molecule has 0 radical (unpaired) electrons. The highest BCUT2D eigenvalue weighted by Gasteiger charge is 2.42. The number of carbonyl (C=O) groups excluding carboxylic acids is 4. The van der Waals surface area contributed by atoms with E-state index in [1.54, 1.807) is 26.6 Å². The van der Waals surface area contributed by atoms with Gasteiger partial charge in [-0.2, -0.15) is 29.9 Å². The van der Waals surface area contributed by atoms with Gasteiger partial charge in [0.15, 0.2) is 0 Å². The molecule has 28 nitrogen and oxygen atoms in total. The van der Waals surface area contributed by atoms with Crippen LogP contribution in [0.3, 0.4) is 0 Å². The highest BCUT2D eigenvalue weighted by molar-refractivity contribution is 6.37. The second-order valence-corrected chi connectivity index (χ2v) is 38.3. The van der Waals surface area contributed by atoms with Gasteiger partial charge in [-0.3, -0.25) is 29.0 Å². The third-order valence-electron chi connectivity index (χ3n) is 27.4. The van der Waals surface area contributed by atoms with E-state index in [0.717, 1.165) is 176 Å². The van der Waals surface area contributed by atoms with Crippen LogP contribution in [0.2, 0.25) is 15.1 Å². The monoisotopic (exact) mass is 1920 g/mol. The van der Waals surface area contributed by atoms with Crippen molar-refractivity contribution in [1.82, 2.24) is 59.3 Å². The Morgan fingerprint density at radius 1 is 0.445 bits per heavy atom. The Hall–Kier alpha value is -12.3. The molecule has 9 aromatic rings. The van der Waals surface area contributed by atoms with Gasteiger partial charge in [-0.1, -0.05) is 120 Å². The number of piperazine rings is 3.